The summed E-state index contributed by atoms with van der Waals surface area (Å²) in [4.78, 5) is 5.22. The van der Waals surface area contributed by atoms with Crippen LogP contribution in [0.1, 0.15) is 92.2 Å². The molecule has 4 aliphatic rings. The van der Waals surface area contributed by atoms with E-state index in [1.807, 2.05) is 0 Å². The summed E-state index contributed by atoms with van der Waals surface area (Å²) in [6.07, 6.45) is 0. The number of rotatable bonds is 2. The SMILES string of the molecule is CC(C)c1cc2c3c(cc4c(C(C)C)cc5c6c(cc1c3c46)B1c3ccccc3N(C(C)(C)C)c3cccc-5c31)B1c3ccccc3N(C(C)(C)C)c3cccc-2c31. The molecule has 0 bridgehead atoms. The fourth-order valence-corrected chi connectivity index (χ4v) is 12.3. The quantitative estimate of drug-likeness (QED) is 0.128. The van der Waals surface area contributed by atoms with Gasteiger partial charge in [-0.15, -0.1) is 0 Å². The molecule has 2 nitrogen and oxygen atoms in total. The van der Waals surface area contributed by atoms with Crippen molar-refractivity contribution in [3.05, 3.63) is 120 Å². The van der Waals surface area contributed by atoms with Crippen LogP contribution in [0.5, 0.6) is 0 Å². The Kier molecular flexibility index (Phi) is 6.66. The molecule has 0 saturated carbocycles. The third-order valence-electron chi connectivity index (χ3n) is 14.2. The zero-order valence-electron chi connectivity index (χ0n) is 35.6. The van der Waals surface area contributed by atoms with Crippen LogP contribution in [0.25, 0.3) is 54.6 Å². The van der Waals surface area contributed by atoms with Crippen LogP contribution in [0, 0.1) is 0 Å². The molecule has 58 heavy (non-hydrogen) atoms. The molecule has 8 aromatic carbocycles. The average Bonchev–Trinajstić information content (AvgIpc) is 3.18. The number of hydrogen-bond donors (Lipinski definition) is 0. The van der Waals surface area contributed by atoms with Gasteiger partial charge in [-0.25, -0.2) is 0 Å². The first-order valence-electron chi connectivity index (χ1n) is 21.7. The topological polar surface area (TPSA) is 6.48 Å². The lowest BCUT2D eigenvalue weighted by atomic mass is 9.31. The second kappa shape index (κ2) is 11.2. The molecule has 0 spiro atoms. The summed E-state index contributed by atoms with van der Waals surface area (Å²) in [5.41, 5.74) is 22.4. The Balaban J connectivity index is 1.30. The summed E-state index contributed by atoms with van der Waals surface area (Å²) < 4.78 is 0. The van der Waals surface area contributed by atoms with Crippen LogP contribution >= 0.6 is 0 Å². The van der Waals surface area contributed by atoms with Gasteiger partial charge in [0, 0.05) is 33.8 Å². The van der Waals surface area contributed by atoms with Crippen LogP contribution in [0.4, 0.5) is 22.7 Å². The highest BCUT2D eigenvalue weighted by Gasteiger charge is 2.46. The van der Waals surface area contributed by atoms with Crippen molar-refractivity contribution < 1.29 is 0 Å². The van der Waals surface area contributed by atoms with E-state index in [-0.39, 0.29) is 24.5 Å². The van der Waals surface area contributed by atoms with Gasteiger partial charge >= 0.3 is 0 Å². The van der Waals surface area contributed by atoms with Gasteiger partial charge in [0.25, 0.3) is 0 Å². The van der Waals surface area contributed by atoms with Gasteiger partial charge in [0.1, 0.15) is 0 Å². The molecular weight excluding hydrogens is 698 g/mol. The van der Waals surface area contributed by atoms with Crippen molar-refractivity contribution in [3.63, 3.8) is 0 Å². The fraction of sp³-hybridized carbons (Fsp3) is 0.259. The van der Waals surface area contributed by atoms with Gasteiger partial charge in [-0.3, -0.25) is 0 Å². The Morgan fingerprint density at radius 1 is 0.397 bits per heavy atom. The molecule has 0 aromatic heterocycles. The second-order valence-corrected chi connectivity index (χ2v) is 20.3. The van der Waals surface area contributed by atoms with Gasteiger partial charge in [0.15, 0.2) is 0 Å². The van der Waals surface area contributed by atoms with E-state index in [2.05, 4.69) is 188 Å². The highest BCUT2D eigenvalue weighted by atomic mass is 15.2. The third kappa shape index (κ3) is 4.16. The van der Waals surface area contributed by atoms with Crippen molar-refractivity contribution in [1.29, 1.82) is 0 Å². The van der Waals surface area contributed by atoms with Crippen molar-refractivity contribution in [3.8, 4) is 22.3 Å². The predicted molar refractivity (Wildman–Crippen MR) is 255 cm³/mol. The van der Waals surface area contributed by atoms with Crippen molar-refractivity contribution in [2.45, 2.75) is 92.2 Å². The first kappa shape index (κ1) is 34.6. The summed E-state index contributed by atoms with van der Waals surface area (Å²) in [6.45, 7) is 24.1. The molecule has 4 aliphatic heterocycles. The van der Waals surface area contributed by atoms with Gasteiger partial charge in [0.2, 0.25) is 13.4 Å². The Bertz CT molecular complexity index is 2910. The monoisotopic (exact) mass is 748 g/mol. The van der Waals surface area contributed by atoms with Crippen LogP contribution in [-0.2, 0) is 0 Å². The largest absolute Gasteiger partial charge is 0.337 e. The smallest absolute Gasteiger partial charge is 0.248 e. The van der Waals surface area contributed by atoms with E-state index in [1.54, 1.807) is 0 Å². The minimum Gasteiger partial charge on any atom is -0.337 e. The lowest BCUT2D eigenvalue weighted by molar-refractivity contribution is 0.561. The van der Waals surface area contributed by atoms with E-state index < -0.39 is 0 Å². The number of para-hydroxylation sites is 2. The van der Waals surface area contributed by atoms with Crippen LogP contribution in [0.2, 0.25) is 0 Å². The maximum absolute atomic E-state index is 2.68. The molecule has 4 heteroatoms. The van der Waals surface area contributed by atoms with E-state index in [0.29, 0.717) is 11.8 Å². The van der Waals surface area contributed by atoms with E-state index in [1.165, 1.54) is 121 Å². The Labute approximate surface area is 344 Å². The van der Waals surface area contributed by atoms with Crippen LogP contribution in [0.15, 0.2) is 109 Å². The van der Waals surface area contributed by atoms with Gasteiger partial charge in [-0.05, 0) is 177 Å². The van der Waals surface area contributed by atoms with E-state index in [9.17, 15) is 0 Å². The lowest BCUT2D eigenvalue weighted by Crippen LogP contribution is -2.62. The van der Waals surface area contributed by atoms with Gasteiger partial charge < -0.3 is 9.80 Å². The van der Waals surface area contributed by atoms with E-state index >= 15 is 0 Å². The molecule has 0 radical (unpaired) electrons. The molecule has 0 N–H and O–H groups in total. The van der Waals surface area contributed by atoms with E-state index in [0.717, 1.165) is 0 Å². The maximum atomic E-state index is 2.68. The molecule has 282 valence electrons. The number of hydrogen-bond acceptors (Lipinski definition) is 2. The normalized spacial score (nSPS) is 14.9. The van der Waals surface area contributed by atoms with Crippen molar-refractivity contribution >= 4 is 101 Å². The molecule has 12 rings (SSSR count). The van der Waals surface area contributed by atoms with E-state index in [4.69, 9.17) is 0 Å². The minimum absolute atomic E-state index is 0.0914. The summed E-state index contributed by atoms with van der Waals surface area (Å²) in [7, 11) is 0. The predicted octanol–water partition coefficient (Wildman–Crippen LogP) is 10.3. The van der Waals surface area contributed by atoms with Crippen molar-refractivity contribution in [1.82, 2.24) is 0 Å². The van der Waals surface area contributed by atoms with Crippen molar-refractivity contribution in [2.75, 3.05) is 9.80 Å². The zero-order chi connectivity index (χ0) is 39.9. The first-order valence-corrected chi connectivity index (χ1v) is 21.7. The third-order valence-corrected chi connectivity index (χ3v) is 14.2. The Morgan fingerprint density at radius 3 is 1.16 bits per heavy atom. The molecule has 4 heterocycles. The number of benzene rings is 8. The minimum atomic E-state index is -0.0914. The molecular formula is C54H50B2N2. The van der Waals surface area contributed by atoms with Crippen LogP contribution in [0.3, 0.4) is 0 Å². The van der Waals surface area contributed by atoms with Gasteiger partial charge in [-0.2, -0.15) is 0 Å². The maximum Gasteiger partial charge on any atom is 0.248 e. The number of nitrogens with zero attached hydrogens (tertiary/aromatic N) is 2. The molecule has 0 amide bonds. The number of fused-ring (bicyclic) bond motifs is 8. The number of anilines is 4. The standard InChI is InChI=1S/C54H50B2N2/c1-29(2)33-25-35-31-17-15-23-45-51(31)56(40-20-12-14-22-44(40)57(45)53(5,6)7)42-28-38-34(30(3)4)26-36-32-18-16-24-46-52(32)55(39-19-11-13-21-43(39)58(46)54(8,9)10)41-27-37(33)49(47(35)42)50(38)48(36)41/h11-30H,1-10H3. The van der Waals surface area contributed by atoms with Gasteiger partial charge in [-0.1, -0.05) is 111 Å². The fourth-order valence-electron chi connectivity index (χ4n) is 12.3. The molecule has 0 saturated heterocycles. The highest BCUT2D eigenvalue weighted by Crippen LogP contribution is 2.50. The highest BCUT2D eigenvalue weighted by molar-refractivity contribution is 7.02. The van der Waals surface area contributed by atoms with Crippen LogP contribution in [-0.4, -0.2) is 24.5 Å². The molecule has 0 aliphatic carbocycles. The van der Waals surface area contributed by atoms with Crippen molar-refractivity contribution in [2.24, 2.45) is 0 Å². The molecule has 8 aromatic rings. The summed E-state index contributed by atoms with van der Waals surface area (Å²) in [5.74, 6) is 0.706. The second-order valence-electron chi connectivity index (χ2n) is 20.3. The lowest BCUT2D eigenvalue weighted by Gasteiger charge is -2.47. The molecule has 0 atom stereocenters. The molecule has 0 unspecified atom stereocenters. The average molecular weight is 749 g/mol. The summed E-state index contributed by atoms with van der Waals surface area (Å²) >= 11 is 0. The Hall–Kier alpha value is -5.47. The summed E-state index contributed by atoms with van der Waals surface area (Å²) in [6, 6.07) is 43.4. The first-order chi connectivity index (χ1) is 27.8. The summed E-state index contributed by atoms with van der Waals surface area (Å²) in [5, 5.41) is 8.74. The molecule has 0 fully saturated rings. The van der Waals surface area contributed by atoms with Gasteiger partial charge in [0.05, 0.1) is 0 Å². The van der Waals surface area contributed by atoms with Crippen LogP contribution < -0.4 is 42.6 Å². The zero-order valence-corrected chi connectivity index (χ0v) is 35.6. The Morgan fingerprint density at radius 2 is 0.776 bits per heavy atom.